The number of methoxy groups -OCH3 is 1. The molecule has 2 aliphatic rings. The van der Waals surface area contributed by atoms with E-state index < -0.39 is 0 Å². The molecule has 2 aromatic carbocycles. The maximum Gasteiger partial charge on any atom is 0.321 e. The lowest BCUT2D eigenvalue weighted by Crippen LogP contribution is -2.50. The van der Waals surface area contributed by atoms with Crippen LogP contribution in [0.3, 0.4) is 0 Å². The van der Waals surface area contributed by atoms with Gasteiger partial charge in [0.05, 0.1) is 18.4 Å². The number of urea groups is 1. The van der Waals surface area contributed by atoms with E-state index >= 15 is 0 Å². The predicted molar refractivity (Wildman–Crippen MR) is 133 cm³/mol. The van der Waals surface area contributed by atoms with Crippen LogP contribution in [0, 0.1) is 5.92 Å². The number of pyridine rings is 1. The van der Waals surface area contributed by atoms with Crippen molar-refractivity contribution in [2.75, 3.05) is 25.5 Å². The van der Waals surface area contributed by atoms with Crippen LogP contribution in [0.15, 0.2) is 71.5 Å². The highest BCUT2D eigenvalue weighted by molar-refractivity contribution is 6.03. The van der Waals surface area contributed by atoms with Crippen LogP contribution in [-0.2, 0) is 13.1 Å². The summed E-state index contributed by atoms with van der Waals surface area (Å²) in [5.74, 6) is 0.853. The molecule has 2 atom stereocenters. The van der Waals surface area contributed by atoms with Crippen LogP contribution in [0.2, 0.25) is 0 Å². The maximum absolute atomic E-state index is 13.2. The Morgan fingerprint density at radius 2 is 1.77 bits per heavy atom. The molecule has 180 valence electrons. The number of fused-ring (bicyclic) bond motifs is 4. The molecular weight excluding hydrogens is 444 g/mol. The summed E-state index contributed by atoms with van der Waals surface area (Å²) >= 11 is 0. The number of para-hydroxylation sites is 1. The van der Waals surface area contributed by atoms with Gasteiger partial charge in [0.2, 0.25) is 0 Å². The third-order valence-corrected chi connectivity index (χ3v) is 6.79. The number of hydrogen-bond acceptors (Lipinski definition) is 4. The summed E-state index contributed by atoms with van der Waals surface area (Å²) in [5.41, 5.74) is 2.83. The largest absolute Gasteiger partial charge is 0.497 e. The second-order valence-electron chi connectivity index (χ2n) is 9.11. The number of nitrogens with zero attached hydrogens (tertiary/aromatic N) is 2. The maximum atomic E-state index is 13.2. The molecule has 3 heterocycles. The fourth-order valence-corrected chi connectivity index (χ4v) is 5.07. The van der Waals surface area contributed by atoms with E-state index in [2.05, 4.69) is 10.6 Å². The summed E-state index contributed by atoms with van der Waals surface area (Å²) in [6.45, 7) is 2.10. The summed E-state index contributed by atoms with van der Waals surface area (Å²) in [7, 11) is 1.61. The van der Waals surface area contributed by atoms with Gasteiger partial charge in [-0.2, -0.15) is 0 Å². The molecule has 1 fully saturated rings. The third kappa shape index (κ3) is 4.77. The van der Waals surface area contributed by atoms with Crippen LogP contribution in [0.1, 0.15) is 34.0 Å². The number of ether oxygens (including phenoxy) is 1. The van der Waals surface area contributed by atoms with E-state index in [1.165, 1.54) is 0 Å². The first-order chi connectivity index (χ1) is 17.0. The summed E-state index contributed by atoms with van der Waals surface area (Å²) in [6.07, 6.45) is 0.970. The minimum absolute atomic E-state index is 0.0182. The van der Waals surface area contributed by atoms with Gasteiger partial charge in [0.15, 0.2) is 0 Å². The summed E-state index contributed by atoms with van der Waals surface area (Å²) in [6, 6.07) is 19.6. The zero-order valence-corrected chi connectivity index (χ0v) is 19.6. The number of likely N-dealkylation sites (tertiary alicyclic amines) is 1. The lowest BCUT2D eigenvalue weighted by atomic mass is 9.83. The molecule has 2 aliphatic heterocycles. The van der Waals surface area contributed by atoms with E-state index in [0.29, 0.717) is 37.4 Å². The molecule has 35 heavy (non-hydrogen) atoms. The second-order valence-corrected chi connectivity index (χ2v) is 9.11. The minimum atomic E-state index is -0.263. The molecule has 1 aromatic heterocycles. The summed E-state index contributed by atoms with van der Waals surface area (Å²) in [5, 5.41) is 5.86. The summed E-state index contributed by atoms with van der Waals surface area (Å²) < 4.78 is 7.01. The molecule has 0 unspecified atom stereocenters. The van der Waals surface area contributed by atoms with Crippen molar-refractivity contribution in [3.63, 3.8) is 0 Å². The van der Waals surface area contributed by atoms with Crippen molar-refractivity contribution in [2.24, 2.45) is 5.92 Å². The number of anilines is 1. The molecule has 0 radical (unpaired) electrons. The number of amides is 3. The Hall–Kier alpha value is -4.07. The molecule has 1 saturated heterocycles. The van der Waals surface area contributed by atoms with Gasteiger partial charge in [-0.15, -0.1) is 0 Å². The monoisotopic (exact) mass is 472 g/mol. The predicted octanol–water partition coefficient (Wildman–Crippen LogP) is 3.44. The third-order valence-electron chi connectivity index (χ3n) is 6.79. The molecule has 0 saturated carbocycles. The van der Waals surface area contributed by atoms with Crippen LogP contribution >= 0.6 is 0 Å². The SMILES string of the molecule is COc1ccc(CNC(=O)c2ccccc2NC(=O)N2C[C@H]3C[C@@H](C2)c2cccc(=O)n2C3)cc1. The first-order valence-corrected chi connectivity index (χ1v) is 11.8. The van der Waals surface area contributed by atoms with E-state index in [9.17, 15) is 14.4 Å². The van der Waals surface area contributed by atoms with Crippen LogP contribution in [0.4, 0.5) is 10.5 Å². The Labute approximate surface area is 203 Å². The van der Waals surface area contributed by atoms with Crippen molar-refractivity contribution in [3.8, 4) is 5.75 Å². The van der Waals surface area contributed by atoms with E-state index in [0.717, 1.165) is 23.4 Å². The van der Waals surface area contributed by atoms with Gasteiger partial charge in [-0.3, -0.25) is 9.59 Å². The van der Waals surface area contributed by atoms with Gasteiger partial charge in [-0.1, -0.05) is 30.3 Å². The number of aromatic nitrogens is 1. The number of rotatable bonds is 5. The zero-order chi connectivity index (χ0) is 24.4. The van der Waals surface area contributed by atoms with Gasteiger partial charge in [-0.25, -0.2) is 4.79 Å². The smallest absolute Gasteiger partial charge is 0.321 e. The fraction of sp³-hybridized carbons (Fsp3) is 0.296. The number of hydrogen-bond donors (Lipinski definition) is 2. The number of nitrogens with one attached hydrogen (secondary N) is 2. The number of carbonyl (C=O) groups excluding carboxylic acids is 2. The zero-order valence-electron chi connectivity index (χ0n) is 19.6. The molecule has 2 N–H and O–H groups in total. The highest BCUT2D eigenvalue weighted by Gasteiger charge is 2.36. The van der Waals surface area contributed by atoms with Crippen LogP contribution < -0.4 is 20.9 Å². The van der Waals surface area contributed by atoms with Gasteiger partial charge < -0.3 is 24.8 Å². The Morgan fingerprint density at radius 1 is 0.971 bits per heavy atom. The first-order valence-electron chi connectivity index (χ1n) is 11.8. The molecule has 8 nitrogen and oxygen atoms in total. The van der Waals surface area contributed by atoms with Crippen molar-refractivity contribution in [2.45, 2.75) is 25.4 Å². The van der Waals surface area contributed by atoms with Crippen molar-refractivity contribution in [3.05, 3.63) is 93.9 Å². The van der Waals surface area contributed by atoms with Crippen molar-refractivity contribution in [1.82, 2.24) is 14.8 Å². The van der Waals surface area contributed by atoms with E-state index in [4.69, 9.17) is 4.74 Å². The molecule has 5 rings (SSSR count). The van der Waals surface area contributed by atoms with Crippen LogP contribution in [-0.4, -0.2) is 41.6 Å². The van der Waals surface area contributed by atoms with E-state index in [1.54, 1.807) is 48.4 Å². The molecule has 0 aliphatic carbocycles. The van der Waals surface area contributed by atoms with Crippen molar-refractivity contribution in [1.29, 1.82) is 0 Å². The minimum Gasteiger partial charge on any atom is -0.497 e. The Balaban J connectivity index is 1.26. The Kier molecular flexibility index (Phi) is 6.27. The van der Waals surface area contributed by atoms with E-state index in [1.807, 2.05) is 34.9 Å². The van der Waals surface area contributed by atoms with Crippen molar-refractivity contribution < 1.29 is 14.3 Å². The van der Waals surface area contributed by atoms with Gasteiger partial charge in [0.1, 0.15) is 5.75 Å². The van der Waals surface area contributed by atoms with Crippen LogP contribution in [0.5, 0.6) is 5.75 Å². The quantitative estimate of drug-likeness (QED) is 0.595. The number of benzene rings is 2. The van der Waals surface area contributed by atoms with Gasteiger partial charge >= 0.3 is 6.03 Å². The number of piperidine rings is 1. The molecule has 0 spiro atoms. The average molecular weight is 473 g/mol. The number of carbonyl (C=O) groups is 2. The molecule has 3 amide bonds. The summed E-state index contributed by atoms with van der Waals surface area (Å²) in [4.78, 5) is 40.2. The lowest BCUT2D eigenvalue weighted by molar-refractivity contribution is 0.0951. The lowest BCUT2D eigenvalue weighted by Gasteiger charge is -2.42. The highest BCUT2D eigenvalue weighted by atomic mass is 16.5. The normalized spacial score (nSPS) is 18.4. The second kappa shape index (κ2) is 9.66. The molecular formula is C27H28N4O4. The van der Waals surface area contributed by atoms with Gasteiger partial charge in [-0.05, 0) is 48.2 Å². The van der Waals surface area contributed by atoms with Gasteiger partial charge in [0.25, 0.3) is 11.5 Å². The Morgan fingerprint density at radius 3 is 2.57 bits per heavy atom. The Bertz CT molecular complexity index is 1300. The fourth-order valence-electron chi connectivity index (χ4n) is 5.07. The highest BCUT2D eigenvalue weighted by Crippen LogP contribution is 2.35. The average Bonchev–Trinajstić information content (AvgIpc) is 2.88. The topological polar surface area (TPSA) is 92.7 Å². The van der Waals surface area contributed by atoms with E-state index in [-0.39, 0.29) is 29.3 Å². The first kappa shape index (κ1) is 22.7. The van der Waals surface area contributed by atoms with Gasteiger partial charge in [0, 0.05) is 43.9 Å². The standard InChI is InChI=1S/C27H28N4O4/c1-35-21-11-9-18(10-12-21)14-28-26(33)22-5-2-3-6-23(22)29-27(34)30-15-19-13-20(17-30)24-7-4-8-25(32)31(24)16-19/h2-12,19-20H,13-17H2,1H3,(H,28,33)(H,29,34)/t19-,20+/m1/s1. The molecule has 2 bridgehead atoms. The molecule has 8 heteroatoms. The van der Waals surface area contributed by atoms with Crippen LogP contribution in [0.25, 0.3) is 0 Å². The molecule has 3 aromatic rings. The van der Waals surface area contributed by atoms with Crippen molar-refractivity contribution >= 4 is 17.6 Å².